The number of anilines is 1. The third-order valence-corrected chi connectivity index (χ3v) is 4.82. The highest BCUT2D eigenvalue weighted by atomic mass is 127. The number of hydrogen-bond donors (Lipinski definition) is 2. The van der Waals surface area contributed by atoms with Crippen molar-refractivity contribution in [1.29, 1.82) is 0 Å². The zero-order valence-corrected chi connectivity index (χ0v) is 20.2. The largest absolute Gasteiger partial charge is 0.478 e. The van der Waals surface area contributed by atoms with Gasteiger partial charge in [-0.1, -0.05) is 19.1 Å². The summed E-state index contributed by atoms with van der Waals surface area (Å²) in [5.41, 5.74) is 1.07. The van der Waals surface area contributed by atoms with Crippen LogP contribution in [0.1, 0.15) is 38.7 Å². The van der Waals surface area contributed by atoms with Gasteiger partial charge >= 0.3 is 0 Å². The Labute approximate surface area is 196 Å². The van der Waals surface area contributed by atoms with Crippen molar-refractivity contribution in [3.8, 4) is 5.88 Å². The van der Waals surface area contributed by atoms with E-state index < -0.39 is 0 Å². The van der Waals surface area contributed by atoms with Crippen LogP contribution in [0.4, 0.5) is 5.82 Å². The van der Waals surface area contributed by atoms with Crippen molar-refractivity contribution in [1.82, 2.24) is 20.6 Å². The Morgan fingerprint density at radius 1 is 1.17 bits per heavy atom. The second kappa shape index (κ2) is 13.3. The van der Waals surface area contributed by atoms with Crippen molar-refractivity contribution in [3.05, 3.63) is 48.3 Å². The number of nitrogens with one attached hydrogen (secondary N) is 2. The number of ether oxygens (including phenoxy) is 1. The summed E-state index contributed by atoms with van der Waals surface area (Å²) < 4.78 is 5.54. The smallest absolute Gasteiger partial charge is 0.213 e. The topological polar surface area (TPSA) is 74.7 Å². The minimum Gasteiger partial charge on any atom is -0.478 e. The molecule has 0 aromatic carbocycles. The highest BCUT2D eigenvalue weighted by Crippen LogP contribution is 2.17. The Hall–Kier alpha value is -2.10. The van der Waals surface area contributed by atoms with Crippen LogP contribution in [0.15, 0.2) is 47.7 Å². The van der Waals surface area contributed by atoms with E-state index >= 15 is 0 Å². The summed E-state index contributed by atoms with van der Waals surface area (Å²) in [4.78, 5) is 15.9. The molecule has 0 bridgehead atoms. The quantitative estimate of drug-likeness (QED) is 0.312. The van der Waals surface area contributed by atoms with Gasteiger partial charge in [-0.05, 0) is 43.9 Å². The molecule has 0 saturated carbocycles. The molecule has 2 N–H and O–H groups in total. The first kappa shape index (κ1) is 24.2. The summed E-state index contributed by atoms with van der Waals surface area (Å²) >= 11 is 0. The number of aromatic nitrogens is 2. The van der Waals surface area contributed by atoms with Crippen LogP contribution >= 0.6 is 24.0 Å². The van der Waals surface area contributed by atoms with Crippen molar-refractivity contribution >= 4 is 35.8 Å². The third kappa shape index (κ3) is 7.62. The number of halogens is 1. The predicted octanol–water partition coefficient (Wildman–Crippen LogP) is 3.61. The van der Waals surface area contributed by atoms with Gasteiger partial charge in [0.1, 0.15) is 5.82 Å². The average molecular weight is 524 g/mol. The molecule has 2 aromatic rings. The molecule has 3 heterocycles. The van der Waals surface area contributed by atoms with Crippen LogP contribution in [0.5, 0.6) is 5.88 Å². The molecule has 30 heavy (non-hydrogen) atoms. The molecule has 1 aliphatic heterocycles. The zero-order valence-electron chi connectivity index (χ0n) is 17.9. The van der Waals surface area contributed by atoms with E-state index in [0.717, 1.165) is 56.2 Å². The molecule has 7 nitrogen and oxygen atoms in total. The molecule has 1 aliphatic rings. The molecule has 0 atom stereocenters. The molecule has 3 rings (SSSR count). The maximum atomic E-state index is 5.54. The highest BCUT2D eigenvalue weighted by Gasteiger charge is 2.20. The van der Waals surface area contributed by atoms with Crippen LogP contribution in [0.2, 0.25) is 0 Å². The van der Waals surface area contributed by atoms with E-state index in [0.29, 0.717) is 25.1 Å². The van der Waals surface area contributed by atoms with Gasteiger partial charge in [0.15, 0.2) is 5.96 Å². The van der Waals surface area contributed by atoms with Gasteiger partial charge in [-0.15, -0.1) is 24.0 Å². The molecular formula is C22H33IN6O. The molecule has 0 radical (unpaired) electrons. The first-order valence-corrected chi connectivity index (χ1v) is 10.6. The average Bonchev–Trinajstić information content (AvgIpc) is 2.78. The zero-order chi connectivity index (χ0) is 20.3. The van der Waals surface area contributed by atoms with Gasteiger partial charge in [0.25, 0.3) is 0 Å². The molecule has 164 valence electrons. The Bertz CT molecular complexity index is 748. The van der Waals surface area contributed by atoms with Crippen LogP contribution in [0.3, 0.4) is 0 Å². The van der Waals surface area contributed by atoms with Crippen LogP contribution < -0.4 is 20.3 Å². The van der Waals surface area contributed by atoms with E-state index in [9.17, 15) is 0 Å². The van der Waals surface area contributed by atoms with Gasteiger partial charge in [-0.25, -0.2) is 15.0 Å². The fourth-order valence-corrected chi connectivity index (χ4v) is 3.27. The Morgan fingerprint density at radius 2 is 2.00 bits per heavy atom. The minimum atomic E-state index is 0. The van der Waals surface area contributed by atoms with Crippen molar-refractivity contribution in [2.75, 3.05) is 31.1 Å². The minimum absolute atomic E-state index is 0. The molecule has 1 saturated heterocycles. The SMILES string of the molecule is CCCOc1ccc(CN=C(NCC)NC2CCN(c3ccccn3)CC2)cn1.I. The molecule has 0 spiro atoms. The summed E-state index contributed by atoms with van der Waals surface area (Å²) in [5, 5.41) is 6.94. The first-order valence-electron chi connectivity index (χ1n) is 10.6. The summed E-state index contributed by atoms with van der Waals surface area (Å²) in [5.74, 6) is 2.59. The Kier molecular flexibility index (Phi) is 10.7. The number of guanidine groups is 1. The molecule has 0 aliphatic carbocycles. The van der Waals surface area contributed by atoms with Gasteiger partial charge in [-0.2, -0.15) is 0 Å². The van der Waals surface area contributed by atoms with Crippen molar-refractivity contribution in [2.45, 2.75) is 45.7 Å². The van der Waals surface area contributed by atoms with Crippen molar-refractivity contribution in [2.24, 2.45) is 4.99 Å². The lowest BCUT2D eigenvalue weighted by Gasteiger charge is -2.33. The van der Waals surface area contributed by atoms with E-state index in [1.807, 2.05) is 36.7 Å². The molecule has 0 amide bonds. The van der Waals surface area contributed by atoms with Crippen molar-refractivity contribution < 1.29 is 4.74 Å². The summed E-state index contributed by atoms with van der Waals surface area (Å²) in [6.07, 6.45) is 6.79. The lowest BCUT2D eigenvalue weighted by atomic mass is 10.1. The van der Waals surface area contributed by atoms with Gasteiger partial charge in [-0.3, -0.25) is 0 Å². The van der Waals surface area contributed by atoms with Crippen LogP contribution in [-0.4, -0.2) is 48.2 Å². The fourth-order valence-electron chi connectivity index (χ4n) is 3.27. The Morgan fingerprint density at radius 3 is 2.63 bits per heavy atom. The third-order valence-electron chi connectivity index (χ3n) is 4.82. The standard InChI is InChI=1S/C22H32N6O.HI/c1-3-15-29-21-9-8-18(16-25-21)17-26-22(23-4-2)27-19-10-13-28(14-11-19)20-7-5-6-12-24-20;/h5-9,12,16,19H,3-4,10-11,13-15,17H2,1-2H3,(H2,23,26,27);1H. The van der Waals surface area contributed by atoms with E-state index in [4.69, 9.17) is 9.73 Å². The van der Waals surface area contributed by atoms with Gasteiger partial charge < -0.3 is 20.3 Å². The van der Waals surface area contributed by atoms with Gasteiger partial charge in [0, 0.05) is 44.1 Å². The summed E-state index contributed by atoms with van der Waals surface area (Å²) in [7, 11) is 0. The maximum absolute atomic E-state index is 5.54. The van der Waals surface area contributed by atoms with Crippen LogP contribution in [-0.2, 0) is 6.54 Å². The lowest BCUT2D eigenvalue weighted by Crippen LogP contribution is -2.48. The van der Waals surface area contributed by atoms with E-state index in [2.05, 4.69) is 45.4 Å². The number of aliphatic imine (C=N–C) groups is 1. The van der Waals surface area contributed by atoms with E-state index in [-0.39, 0.29) is 24.0 Å². The molecule has 0 unspecified atom stereocenters. The molecular weight excluding hydrogens is 491 g/mol. The number of hydrogen-bond acceptors (Lipinski definition) is 5. The maximum Gasteiger partial charge on any atom is 0.213 e. The van der Waals surface area contributed by atoms with Crippen molar-refractivity contribution in [3.63, 3.8) is 0 Å². The number of piperidine rings is 1. The van der Waals surface area contributed by atoms with Crippen LogP contribution in [0, 0.1) is 0 Å². The Balaban J connectivity index is 0.00000320. The fraction of sp³-hybridized carbons (Fsp3) is 0.500. The van der Waals surface area contributed by atoms with E-state index in [1.54, 1.807) is 0 Å². The molecule has 8 heteroatoms. The predicted molar refractivity (Wildman–Crippen MR) is 133 cm³/mol. The molecule has 2 aromatic heterocycles. The van der Waals surface area contributed by atoms with Gasteiger partial charge in [0.2, 0.25) is 5.88 Å². The number of nitrogens with zero attached hydrogens (tertiary/aromatic N) is 4. The monoisotopic (exact) mass is 524 g/mol. The lowest BCUT2D eigenvalue weighted by molar-refractivity contribution is 0.305. The highest BCUT2D eigenvalue weighted by molar-refractivity contribution is 14.0. The first-order chi connectivity index (χ1) is 14.3. The molecule has 1 fully saturated rings. The normalized spacial score (nSPS) is 14.7. The second-order valence-electron chi connectivity index (χ2n) is 7.14. The summed E-state index contributed by atoms with van der Waals surface area (Å²) in [6.45, 7) is 8.28. The summed E-state index contributed by atoms with van der Waals surface area (Å²) in [6, 6.07) is 10.4. The number of rotatable bonds is 8. The van der Waals surface area contributed by atoms with E-state index in [1.165, 1.54) is 0 Å². The van der Waals surface area contributed by atoms with Crippen LogP contribution in [0.25, 0.3) is 0 Å². The second-order valence-corrected chi connectivity index (χ2v) is 7.14. The number of pyridine rings is 2. The van der Waals surface area contributed by atoms with Gasteiger partial charge in [0.05, 0.1) is 13.2 Å².